The van der Waals surface area contributed by atoms with Gasteiger partial charge in [0, 0.05) is 0 Å². The summed E-state index contributed by atoms with van der Waals surface area (Å²) in [6.45, 7) is 4.24. The Kier molecular flexibility index (Phi) is 14.2. The van der Waals surface area contributed by atoms with Gasteiger partial charge in [0.2, 0.25) is 0 Å². The number of hydrogen-bond donors (Lipinski definition) is 0. The van der Waals surface area contributed by atoms with E-state index < -0.39 is 30.5 Å². The Labute approximate surface area is 334 Å². The summed E-state index contributed by atoms with van der Waals surface area (Å²) in [4.78, 5) is 0. The van der Waals surface area contributed by atoms with Gasteiger partial charge in [0.1, 0.15) is 47.8 Å². The van der Waals surface area contributed by atoms with Gasteiger partial charge in [0.25, 0.3) is 0 Å². The summed E-state index contributed by atoms with van der Waals surface area (Å²) in [5, 5.41) is 0.462. The zero-order valence-electron chi connectivity index (χ0n) is 31.5. The largest absolute Gasteiger partial charge is 0.494 e. The van der Waals surface area contributed by atoms with Gasteiger partial charge in [-0.05, 0) is 71.1 Å². The van der Waals surface area contributed by atoms with Crippen LogP contribution in [0.25, 0.3) is 0 Å². The molecule has 0 saturated carbocycles. The highest BCUT2D eigenvalue weighted by molar-refractivity contribution is 6.32. The minimum absolute atomic E-state index is 0.255. The minimum Gasteiger partial charge on any atom is -0.494 e. The van der Waals surface area contributed by atoms with E-state index >= 15 is 0 Å². The molecule has 0 bridgehead atoms. The summed E-state index contributed by atoms with van der Waals surface area (Å²) in [5.74, 6) is 1.87. The molecule has 7 nitrogen and oxygen atoms in total. The van der Waals surface area contributed by atoms with Crippen molar-refractivity contribution in [2.24, 2.45) is 0 Å². The third kappa shape index (κ3) is 10.9. The van der Waals surface area contributed by atoms with E-state index in [4.69, 9.17) is 44.8 Å². The van der Waals surface area contributed by atoms with Crippen molar-refractivity contribution >= 4 is 11.6 Å². The highest BCUT2D eigenvalue weighted by atomic mass is 35.5. The zero-order valence-corrected chi connectivity index (χ0v) is 32.2. The summed E-state index contributed by atoms with van der Waals surface area (Å²) in [6, 6.07) is 53.6. The molecule has 0 aliphatic carbocycles. The summed E-state index contributed by atoms with van der Waals surface area (Å²) >= 11 is 6.78. The van der Waals surface area contributed by atoms with Crippen LogP contribution in [-0.4, -0.2) is 37.6 Å². The Morgan fingerprint density at radius 2 is 1.00 bits per heavy atom. The second-order valence-electron chi connectivity index (χ2n) is 13.6. The molecular formula is C48H47ClO7. The molecule has 0 spiro atoms. The number of rotatable bonds is 18. The lowest BCUT2D eigenvalue weighted by Crippen LogP contribution is -2.58. The van der Waals surface area contributed by atoms with Crippen molar-refractivity contribution in [2.45, 2.75) is 63.9 Å². The highest BCUT2D eigenvalue weighted by Gasteiger charge is 2.49. The summed E-state index contributed by atoms with van der Waals surface area (Å²) < 4.78 is 46.2. The third-order valence-electron chi connectivity index (χ3n) is 9.53. The van der Waals surface area contributed by atoms with Gasteiger partial charge in [0.05, 0.1) is 44.7 Å². The lowest BCUT2D eigenvalue weighted by Gasteiger charge is -2.46. The Morgan fingerprint density at radius 3 is 1.54 bits per heavy atom. The van der Waals surface area contributed by atoms with Crippen molar-refractivity contribution in [1.82, 2.24) is 0 Å². The van der Waals surface area contributed by atoms with Crippen LogP contribution < -0.4 is 9.47 Å². The molecule has 6 aromatic carbocycles. The predicted octanol–water partition coefficient (Wildman–Crippen LogP) is 10.9. The van der Waals surface area contributed by atoms with E-state index in [1.54, 1.807) is 0 Å². The maximum Gasteiger partial charge on any atom is 0.146 e. The predicted molar refractivity (Wildman–Crippen MR) is 218 cm³/mol. The first-order valence-electron chi connectivity index (χ1n) is 19.1. The molecule has 0 radical (unpaired) electrons. The first kappa shape index (κ1) is 39.3. The molecule has 1 fully saturated rings. The monoisotopic (exact) mass is 770 g/mol. The van der Waals surface area contributed by atoms with E-state index in [1.165, 1.54) is 0 Å². The van der Waals surface area contributed by atoms with Crippen LogP contribution in [-0.2, 0) is 50.1 Å². The van der Waals surface area contributed by atoms with Gasteiger partial charge < -0.3 is 33.2 Å². The lowest BCUT2D eigenvalue weighted by molar-refractivity contribution is -0.275. The number of hydrogen-bond acceptors (Lipinski definition) is 7. The fraction of sp³-hybridized carbons (Fsp3) is 0.250. The standard InChI is InChI=1S/C48H47ClO7/c1-2-51-40-24-26-41(27-25-40)55-43-29-39(23-28-42(43)49)45-47(53-32-37-19-11-5-12-20-37)48(54-33-38-21-13-6-14-22-38)46(52-31-36-17-9-4-10-18-36)44(56-45)34-50-30-35-15-7-3-8-16-35/h3-29,44-48H,2,30-34H2,1H3/t44-,45-,46-,47+,48+/m1/s1. The maximum absolute atomic E-state index is 7.11. The molecule has 0 aromatic heterocycles. The zero-order chi connectivity index (χ0) is 38.4. The van der Waals surface area contributed by atoms with E-state index in [1.807, 2.05) is 146 Å². The van der Waals surface area contributed by atoms with E-state index in [0.29, 0.717) is 49.6 Å². The summed E-state index contributed by atoms with van der Waals surface area (Å²) in [5.41, 5.74) is 4.98. The van der Waals surface area contributed by atoms with Crippen molar-refractivity contribution in [3.63, 3.8) is 0 Å². The molecule has 6 aromatic rings. The molecular weight excluding hydrogens is 724 g/mol. The van der Waals surface area contributed by atoms with Crippen LogP contribution >= 0.6 is 11.6 Å². The SMILES string of the molecule is CCOc1ccc(Oc2cc([C@H]3O[C@H](COCc4ccccc4)[C@@H](OCc4ccccc4)[C@H](OCc4ccccc4)[C@H]3OCc3ccccc3)ccc2Cl)cc1. The van der Waals surface area contributed by atoms with Crippen LogP contribution in [0.3, 0.4) is 0 Å². The van der Waals surface area contributed by atoms with Crippen molar-refractivity contribution in [1.29, 1.82) is 0 Å². The van der Waals surface area contributed by atoms with E-state index in [2.05, 4.69) is 24.3 Å². The van der Waals surface area contributed by atoms with Crippen LogP contribution in [0.15, 0.2) is 164 Å². The Balaban J connectivity index is 1.25. The molecule has 56 heavy (non-hydrogen) atoms. The van der Waals surface area contributed by atoms with Crippen molar-refractivity contribution < 1.29 is 33.2 Å². The molecule has 288 valence electrons. The topological polar surface area (TPSA) is 64.6 Å². The van der Waals surface area contributed by atoms with Crippen LogP contribution in [0.4, 0.5) is 0 Å². The third-order valence-corrected chi connectivity index (χ3v) is 9.84. The van der Waals surface area contributed by atoms with Crippen LogP contribution in [0.2, 0.25) is 5.02 Å². The number of ether oxygens (including phenoxy) is 7. The average molecular weight is 771 g/mol. The van der Waals surface area contributed by atoms with E-state index in [0.717, 1.165) is 33.6 Å². The molecule has 7 rings (SSSR count). The van der Waals surface area contributed by atoms with Crippen molar-refractivity contribution in [2.75, 3.05) is 13.2 Å². The average Bonchev–Trinajstić information content (AvgIpc) is 3.25. The fourth-order valence-electron chi connectivity index (χ4n) is 6.73. The van der Waals surface area contributed by atoms with Crippen LogP contribution in [0.5, 0.6) is 17.2 Å². The highest BCUT2D eigenvalue weighted by Crippen LogP contribution is 2.41. The Morgan fingerprint density at radius 1 is 0.518 bits per heavy atom. The molecule has 5 atom stereocenters. The lowest BCUT2D eigenvalue weighted by atomic mass is 9.90. The van der Waals surface area contributed by atoms with Gasteiger partial charge in [-0.3, -0.25) is 0 Å². The fourth-order valence-corrected chi connectivity index (χ4v) is 6.89. The number of benzene rings is 6. The summed E-state index contributed by atoms with van der Waals surface area (Å²) in [7, 11) is 0. The molecule has 1 aliphatic rings. The first-order valence-corrected chi connectivity index (χ1v) is 19.4. The van der Waals surface area contributed by atoms with Gasteiger partial charge in [-0.15, -0.1) is 0 Å². The Hall–Kier alpha value is -4.99. The van der Waals surface area contributed by atoms with Gasteiger partial charge >= 0.3 is 0 Å². The normalized spacial score (nSPS) is 19.4. The molecule has 0 unspecified atom stereocenters. The number of halogens is 1. The Bertz CT molecular complexity index is 2030. The second kappa shape index (κ2) is 20.3. The smallest absolute Gasteiger partial charge is 0.146 e. The quantitative estimate of drug-likeness (QED) is 0.0862. The molecule has 1 heterocycles. The molecule has 0 amide bonds. The van der Waals surface area contributed by atoms with E-state index in [9.17, 15) is 0 Å². The van der Waals surface area contributed by atoms with Crippen molar-refractivity contribution in [3.05, 3.63) is 197 Å². The maximum atomic E-state index is 7.11. The molecule has 8 heteroatoms. The molecule has 0 N–H and O–H groups in total. The molecule has 1 saturated heterocycles. The summed E-state index contributed by atoms with van der Waals surface area (Å²) in [6.07, 6.45) is -2.88. The van der Waals surface area contributed by atoms with Crippen LogP contribution in [0.1, 0.15) is 40.8 Å². The first-order chi connectivity index (χ1) is 27.6. The van der Waals surface area contributed by atoms with Gasteiger partial charge in [0.15, 0.2) is 0 Å². The van der Waals surface area contributed by atoms with Crippen molar-refractivity contribution in [3.8, 4) is 17.2 Å². The minimum atomic E-state index is -0.610. The van der Waals surface area contributed by atoms with Gasteiger partial charge in [-0.1, -0.05) is 139 Å². The second-order valence-corrected chi connectivity index (χ2v) is 14.0. The van der Waals surface area contributed by atoms with Gasteiger partial charge in [-0.2, -0.15) is 0 Å². The van der Waals surface area contributed by atoms with Crippen LogP contribution in [0, 0.1) is 0 Å². The van der Waals surface area contributed by atoms with Gasteiger partial charge in [-0.25, -0.2) is 0 Å². The molecule has 1 aliphatic heterocycles. The van der Waals surface area contributed by atoms with E-state index in [-0.39, 0.29) is 6.61 Å².